The second-order valence-corrected chi connectivity index (χ2v) is 4.66. The Morgan fingerprint density at radius 2 is 1.22 bits per heavy atom. The first-order valence-electron chi connectivity index (χ1n) is 4.60. The fraction of sp³-hybridized carbons (Fsp3) is 0.400. The molecule has 0 bridgehead atoms. The molecule has 0 aromatic heterocycles. The first-order chi connectivity index (χ1) is 7.94. The van der Waals surface area contributed by atoms with Gasteiger partial charge in [-0.2, -0.15) is 26.3 Å². The van der Waals surface area contributed by atoms with E-state index in [-0.39, 0.29) is 4.47 Å². The van der Waals surface area contributed by atoms with Gasteiger partial charge < -0.3 is 4.90 Å². The highest BCUT2D eigenvalue weighted by atomic mass is 79.9. The van der Waals surface area contributed by atoms with Gasteiger partial charge in [-0.1, -0.05) is 15.9 Å². The minimum absolute atomic E-state index is 0.271. The molecule has 0 fully saturated rings. The third-order valence-electron chi connectivity index (χ3n) is 2.13. The van der Waals surface area contributed by atoms with Crippen LogP contribution in [-0.2, 0) is 12.4 Å². The molecular weight excluding hydrogens is 328 g/mol. The van der Waals surface area contributed by atoms with Gasteiger partial charge in [0.15, 0.2) is 0 Å². The van der Waals surface area contributed by atoms with E-state index >= 15 is 0 Å². The fourth-order valence-corrected chi connectivity index (χ4v) is 1.97. The smallest absolute Gasteiger partial charge is 0.377 e. The second-order valence-electron chi connectivity index (χ2n) is 3.74. The second kappa shape index (κ2) is 4.64. The van der Waals surface area contributed by atoms with Crippen molar-refractivity contribution < 1.29 is 26.3 Å². The van der Waals surface area contributed by atoms with Crippen molar-refractivity contribution in [2.75, 3.05) is 19.0 Å². The molecule has 18 heavy (non-hydrogen) atoms. The predicted octanol–water partition coefficient (Wildman–Crippen LogP) is 4.55. The summed E-state index contributed by atoms with van der Waals surface area (Å²) in [5, 5.41) is 0. The van der Waals surface area contributed by atoms with Crippen molar-refractivity contribution in [1.82, 2.24) is 0 Å². The molecule has 0 radical (unpaired) electrons. The molecule has 0 amide bonds. The molecule has 0 spiro atoms. The summed E-state index contributed by atoms with van der Waals surface area (Å²) < 4.78 is 76.2. The Balaban J connectivity index is 3.68. The fourth-order valence-electron chi connectivity index (χ4n) is 1.51. The van der Waals surface area contributed by atoms with E-state index < -0.39 is 29.2 Å². The SMILES string of the molecule is CN(C)c1c(C(F)(F)F)cc(Br)cc1C(F)(F)F. The number of alkyl halides is 6. The molecule has 0 atom stereocenters. The highest BCUT2D eigenvalue weighted by molar-refractivity contribution is 9.10. The summed E-state index contributed by atoms with van der Waals surface area (Å²) in [5.74, 6) is 0. The summed E-state index contributed by atoms with van der Waals surface area (Å²) in [6.45, 7) is 0. The highest BCUT2D eigenvalue weighted by Crippen LogP contribution is 2.45. The topological polar surface area (TPSA) is 3.24 Å². The lowest BCUT2D eigenvalue weighted by Gasteiger charge is -2.24. The van der Waals surface area contributed by atoms with Crippen molar-refractivity contribution in [3.63, 3.8) is 0 Å². The van der Waals surface area contributed by atoms with Gasteiger partial charge in [-0.3, -0.25) is 0 Å². The van der Waals surface area contributed by atoms with Crippen LogP contribution in [0, 0.1) is 0 Å². The van der Waals surface area contributed by atoms with Crippen LogP contribution in [0.4, 0.5) is 32.0 Å². The van der Waals surface area contributed by atoms with E-state index in [1.54, 1.807) is 0 Å². The maximum absolute atomic E-state index is 12.7. The van der Waals surface area contributed by atoms with Crippen LogP contribution in [0.5, 0.6) is 0 Å². The Labute approximate surface area is 108 Å². The van der Waals surface area contributed by atoms with Crippen LogP contribution in [0.3, 0.4) is 0 Å². The van der Waals surface area contributed by atoms with Gasteiger partial charge in [0.05, 0.1) is 16.8 Å². The Bertz CT molecular complexity index is 414. The summed E-state index contributed by atoms with van der Waals surface area (Å²) >= 11 is 2.66. The van der Waals surface area contributed by atoms with E-state index in [9.17, 15) is 26.3 Å². The van der Waals surface area contributed by atoms with Crippen LogP contribution < -0.4 is 4.90 Å². The van der Waals surface area contributed by atoms with Crippen LogP contribution in [0.1, 0.15) is 11.1 Å². The minimum atomic E-state index is -4.86. The Morgan fingerprint density at radius 1 is 0.889 bits per heavy atom. The molecule has 0 saturated heterocycles. The van der Waals surface area contributed by atoms with Gasteiger partial charge in [0.2, 0.25) is 0 Å². The van der Waals surface area contributed by atoms with E-state index in [0.717, 1.165) is 19.0 Å². The Morgan fingerprint density at radius 3 is 1.44 bits per heavy atom. The lowest BCUT2D eigenvalue weighted by atomic mass is 10.1. The molecule has 1 aromatic carbocycles. The van der Waals surface area contributed by atoms with Gasteiger partial charge in [0, 0.05) is 18.6 Å². The minimum Gasteiger partial charge on any atom is -0.377 e. The van der Waals surface area contributed by atoms with Crippen molar-refractivity contribution in [3.8, 4) is 0 Å². The van der Waals surface area contributed by atoms with E-state index in [1.807, 2.05) is 0 Å². The Hall–Kier alpha value is -0.920. The monoisotopic (exact) mass is 335 g/mol. The molecule has 0 unspecified atom stereocenters. The zero-order valence-electron chi connectivity index (χ0n) is 9.25. The van der Waals surface area contributed by atoms with Crippen molar-refractivity contribution >= 4 is 21.6 Å². The first kappa shape index (κ1) is 15.1. The largest absolute Gasteiger partial charge is 0.418 e. The maximum Gasteiger partial charge on any atom is 0.418 e. The van der Waals surface area contributed by atoms with Crippen LogP contribution >= 0.6 is 15.9 Å². The molecule has 0 N–H and O–H groups in total. The van der Waals surface area contributed by atoms with Crippen molar-refractivity contribution in [2.24, 2.45) is 0 Å². The molecule has 0 heterocycles. The zero-order chi connectivity index (χ0) is 14.3. The molecule has 1 aromatic rings. The summed E-state index contributed by atoms with van der Waals surface area (Å²) in [7, 11) is 2.27. The normalized spacial score (nSPS) is 12.7. The van der Waals surface area contributed by atoms with E-state index in [2.05, 4.69) is 15.9 Å². The number of hydrogen-bond donors (Lipinski definition) is 0. The van der Waals surface area contributed by atoms with E-state index in [1.165, 1.54) is 0 Å². The molecule has 102 valence electrons. The molecule has 8 heteroatoms. The summed E-state index contributed by atoms with van der Waals surface area (Å²) in [5.41, 5.74) is -3.54. The lowest BCUT2D eigenvalue weighted by molar-refractivity contribution is -0.142. The summed E-state index contributed by atoms with van der Waals surface area (Å²) in [4.78, 5) is 0.804. The number of anilines is 1. The summed E-state index contributed by atoms with van der Waals surface area (Å²) in [6, 6.07) is 1.26. The average molecular weight is 336 g/mol. The van der Waals surface area contributed by atoms with Crippen molar-refractivity contribution in [2.45, 2.75) is 12.4 Å². The molecule has 1 rings (SSSR count). The number of halogens is 7. The number of rotatable bonds is 1. The average Bonchev–Trinajstić information content (AvgIpc) is 2.12. The highest BCUT2D eigenvalue weighted by Gasteiger charge is 2.42. The van der Waals surface area contributed by atoms with Gasteiger partial charge in [0.1, 0.15) is 0 Å². The molecule has 0 aliphatic heterocycles. The van der Waals surface area contributed by atoms with Gasteiger partial charge in [0.25, 0.3) is 0 Å². The van der Waals surface area contributed by atoms with Gasteiger partial charge >= 0.3 is 12.4 Å². The van der Waals surface area contributed by atoms with Gasteiger partial charge in [-0.25, -0.2) is 0 Å². The lowest BCUT2D eigenvalue weighted by Crippen LogP contribution is -2.22. The van der Waals surface area contributed by atoms with Crippen LogP contribution in [0.25, 0.3) is 0 Å². The molecule has 1 nitrogen and oxygen atoms in total. The molecular formula is C10H8BrF6N. The van der Waals surface area contributed by atoms with E-state index in [0.29, 0.717) is 12.1 Å². The number of benzene rings is 1. The summed E-state index contributed by atoms with van der Waals surface area (Å²) in [6.07, 6.45) is -9.72. The number of hydrogen-bond acceptors (Lipinski definition) is 1. The third-order valence-corrected chi connectivity index (χ3v) is 2.59. The van der Waals surface area contributed by atoms with Crippen LogP contribution in [-0.4, -0.2) is 14.1 Å². The first-order valence-corrected chi connectivity index (χ1v) is 5.39. The molecule has 0 saturated carbocycles. The van der Waals surface area contributed by atoms with Crippen LogP contribution in [0.15, 0.2) is 16.6 Å². The quantitative estimate of drug-likeness (QED) is 0.680. The Kier molecular flexibility index (Phi) is 3.90. The number of nitrogens with zero attached hydrogens (tertiary/aromatic N) is 1. The van der Waals surface area contributed by atoms with Gasteiger partial charge in [-0.15, -0.1) is 0 Å². The van der Waals surface area contributed by atoms with Gasteiger partial charge in [-0.05, 0) is 12.1 Å². The maximum atomic E-state index is 12.7. The predicted molar refractivity (Wildman–Crippen MR) is 58.5 cm³/mol. The van der Waals surface area contributed by atoms with Crippen molar-refractivity contribution in [1.29, 1.82) is 0 Å². The zero-order valence-corrected chi connectivity index (χ0v) is 10.8. The van der Waals surface area contributed by atoms with E-state index in [4.69, 9.17) is 0 Å². The molecule has 0 aliphatic rings. The van der Waals surface area contributed by atoms with Crippen molar-refractivity contribution in [3.05, 3.63) is 27.7 Å². The standard InChI is InChI=1S/C10H8BrF6N/c1-18(2)8-6(9(12,13)14)3-5(11)4-7(8)10(15,16)17/h3-4H,1-2H3. The van der Waals surface area contributed by atoms with Crippen LogP contribution in [0.2, 0.25) is 0 Å². The third kappa shape index (κ3) is 3.09. The molecule has 0 aliphatic carbocycles.